The quantitative estimate of drug-likeness (QED) is 0.778. The van der Waals surface area contributed by atoms with Gasteiger partial charge in [0.15, 0.2) is 0 Å². The Morgan fingerprint density at radius 1 is 1.41 bits per heavy atom. The zero-order valence-electron chi connectivity index (χ0n) is 10.4. The highest BCUT2D eigenvalue weighted by Crippen LogP contribution is 2.27. The van der Waals surface area contributed by atoms with Crippen LogP contribution >= 0.6 is 11.6 Å². The number of para-hydroxylation sites is 1. The van der Waals surface area contributed by atoms with Crippen molar-refractivity contribution in [2.45, 2.75) is 39.3 Å². The highest BCUT2D eigenvalue weighted by molar-refractivity contribution is 6.16. The van der Waals surface area contributed by atoms with Crippen LogP contribution in [0.15, 0.2) is 18.2 Å². The topological polar surface area (TPSA) is 27.1 Å². The zero-order valence-corrected chi connectivity index (χ0v) is 11.2. The first-order chi connectivity index (χ1) is 8.17. The van der Waals surface area contributed by atoms with Crippen LogP contribution in [0, 0.1) is 0 Å². The molecule has 0 bridgehead atoms. The van der Waals surface area contributed by atoms with Gasteiger partial charge in [-0.1, -0.05) is 6.07 Å². The first-order valence-electron chi connectivity index (χ1n) is 5.88. The van der Waals surface area contributed by atoms with E-state index in [1.54, 1.807) is 0 Å². The molecule has 2 aromatic rings. The van der Waals surface area contributed by atoms with Crippen molar-refractivity contribution >= 4 is 22.6 Å². The molecule has 0 saturated carbocycles. The molecule has 0 aliphatic carbocycles. The molecule has 0 unspecified atom stereocenters. The molecule has 1 heterocycles. The summed E-state index contributed by atoms with van der Waals surface area (Å²) in [7, 11) is 0. The number of fused-ring (bicyclic) bond motifs is 1. The van der Waals surface area contributed by atoms with Crippen LogP contribution in [-0.4, -0.2) is 15.7 Å². The third-order valence-electron chi connectivity index (χ3n) is 2.62. The van der Waals surface area contributed by atoms with Gasteiger partial charge in [-0.3, -0.25) is 0 Å². The van der Waals surface area contributed by atoms with Gasteiger partial charge in [-0.15, -0.1) is 11.6 Å². The molecule has 3 nitrogen and oxygen atoms in total. The van der Waals surface area contributed by atoms with Crippen LogP contribution in [0.2, 0.25) is 0 Å². The van der Waals surface area contributed by atoms with Crippen molar-refractivity contribution in [3.63, 3.8) is 0 Å². The van der Waals surface area contributed by atoms with E-state index in [1.807, 2.05) is 26.0 Å². The predicted molar refractivity (Wildman–Crippen MR) is 70.7 cm³/mol. The summed E-state index contributed by atoms with van der Waals surface area (Å²) in [6, 6.07) is 5.99. The zero-order chi connectivity index (χ0) is 12.4. The number of alkyl halides is 1. The monoisotopic (exact) mass is 252 g/mol. The summed E-state index contributed by atoms with van der Waals surface area (Å²) in [4.78, 5) is 4.56. The standard InChI is InChI=1S/C13H17ClN2O/c1-4-16-10-6-5-7-11(17-9(2)3)13(10)15-12(16)8-14/h5-7,9H,4,8H2,1-3H3. The summed E-state index contributed by atoms with van der Waals surface area (Å²) in [5, 5.41) is 0. The van der Waals surface area contributed by atoms with E-state index in [4.69, 9.17) is 16.3 Å². The lowest BCUT2D eigenvalue weighted by Crippen LogP contribution is -2.05. The molecule has 0 spiro atoms. The van der Waals surface area contributed by atoms with Gasteiger partial charge in [-0.05, 0) is 32.9 Å². The first-order valence-corrected chi connectivity index (χ1v) is 6.41. The fourth-order valence-corrected chi connectivity index (χ4v) is 2.18. The van der Waals surface area contributed by atoms with Gasteiger partial charge in [0.25, 0.3) is 0 Å². The minimum Gasteiger partial charge on any atom is -0.489 e. The van der Waals surface area contributed by atoms with Crippen LogP contribution in [-0.2, 0) is 12.4 Å². The van der Waals surface area contributed by atoms with Crippen molar-refractivity contribution in [1.82, 2.24) is 9.55 Å². The van der Waals surface area contributed by atoms with Gasteiger partial charge < -0.3 is 9.30 Å². The minimum atomic E-state index is 0.145. The van der Waals surface area contributed by atoms with Gasteiger partial charge >= 0.3 is 0 Å². The molecule has 1 aromatic carbocycles. The lowest BCUT2D eigenvalue weighted by Gasteiger charge is -2.10. The maximum Gasteiger partial charge on any atom is 0.147 e. The molecule has 0 aliphatic rings. The van der Waals surface area contributed by atoms with E-state index < -0.39 is 0 Å². The van der Waals surface area contributed by atoms with Crippen molar-refractivity contribution in [3.8, 4) is 5.75 Å². The van der Waals surface area contributed by atoms with E-state index in [1.165, 1.54) is 0 Å². The molecule has 0 saturated heterocycles. The van der Waals surface area contributed by atoms with Crippen molar-refractivity contribution in [1.29, 1.82) is 0 Å². The van der Waals surface area contributed by atoms with Crippen molar-refractivity contribution < 1.29 is 4.74 Å². The maximum atomic E-state index is 5.92. The average molecular weight is 253 g/mol. The molecule has 17 heavy (non-hydrogen) atoms. The first kappa shape index (κ1) is 12.2. The Labute approximate surface area is 106 Å². The third-order valence-corrected chi connectivity index (χ3v) is 2.86. The number of rotatable bonds is 4. The molecular formula is C13H17ClN2O. The number of ether oxygens (including phenoxy) is 1. The number of imidazole rings is 1. The summed E-state index contributed by atoms with van der Waals surface area (Å²) in [5.74, 6) is 2.14. The molecule has 0 radical (unpaired) electrons. The number of aromatic nitrogens is 2. The Kier molecular flexibility index (Phi) is 3.57. The highest BCUT2D eigenvalue weighted by atomic mass is 35.5. The second kappa shape index (κ2) is 4.96. The number of aryl methyl sites for hydroxylation is 1. The average Bonchev–Trinajstić information content (AvgIpc) is 2.67. The van der Waals surface area contributed by atoms with E-state index >= 15 is 0 Å². The van der Waals surface area contributed by atoms with Crippen LogP contribution in [0.25, 0.3) is 11.0 Å². The van der Waals surface area contributed by atoms with Crippen molar-refractivity contribution in [2.24, 2.45) is 0 Å². The maximum absolute atomic E-state index is 5.92. The molecule has 0 N–H and O–H groups in total. The Morgan fingerprint density at radius 2 is 2.18 bits per heavy atom. The number of halogens is 1. The number of nitrogens with zero attached hydrogens (tertiary/aromatic N) is 2. The largest absolute Gasteiger partial charge is 0.489 e. The van der Waals surface area contributed by atoms with Gasteiger partial charge in [0.05, 0.1) is 17.5 Å². The fraction of sp³-hybridized carbons (Fsp3) is 0.462. The van der Waals surface area contributed by atoms with Crippen LogP contribution < -0.4 is 4.74 Å². The summed E-state index contributed by atoms with van der Waals surface area (Å²) >= 11 is 5.92. The Bertz CT molecular complexity index is 519. The van der Waals surface area contributed by atoms with Crippen molar-refractivity contribution in [2.75, 3.05) is 0 Å². The Balaban J connectivity index is 2.60. The normalized spacial score (nSPS) is 11.4. The van der Waals surface area contributed by atoms with E-state index in [0.29, 0.717) is 5.88 Å². The van der Waals surface area contributed by atoms with Gasteiger partial charge in [0.1, 0.15) is 17.1 Å². The molecule has 92 valence electrons. The van der Waals surface area contributed by atoms with Gasteiger partial charge in [0.2, 0.25) is 0 Å². The SMILES string of the molecule is CCn1c(CCl)nc2c(OC(C)C)cccc21. The molecule has 0 atom stereocenters. The lowest BCUT2D eigenvalue weighted by atomic mass is 10.3. The molecule has 1 aromatic heterocycles. The van der Waals surface area contributed by atoms with E-state index in [-0.39, 0.29) is 6.10 Å². The summed E-state index contributed by atoms with van der Waals surface area (Å²) in [6.45, 7) is 6.98. The lowest BCUT2D eigenvalue weighted by molar-refractivity contribution is 0.245. The number of hydrogen-bond donors (Lipinski definition) is 0. The Hall–Kier alpha value is -1.22. The van der Waals surface area contributed by atoms with Crippen LogP contribution in [0.5, 0.6) is 5.75 Å². The van der Waals surface area contributed by atoms with E-state index in [2.05, 4.69) is 22.5 Å². The minimum absolute atomic E-state index is 0.145. The molecule has 2 rings (SSSR count). The second-order valence-corrected chi connectivity index (χ2v) is 4.46. The second-order valence-electron chi connectivity index (χ2n) is 4.20. The molecule has 0 aliphatic heterocycles. The third kappa shape index (κ3) is 2.25. The number of benzene rings is 1. The van der Waals surface area contributed by atoms with Gasteiger partial charge in [-0.2, -0.15) is 0 Å². The van der Waals surface area contributed by atoms with Crippen LogP contribution in [0.1, 0.15) is 26.6 Å². The van der Waals surface area contributed by atoms with Crippen LogP contribution in [0.3, 0.4) is 0 Å². The molecule has 4 heteroatoms. The molecule has 0 fully saturated rings. The molecular weight excluding hydrogens is 236 g/mol. The van der Waals surface area contributed by atoms with Crippen molar-refractivity contribution in [3.05, 3.63) is 24.0 Å². The van der Waals surface area contributed by atoms with Gasteiger partial charge in [-0.25, -0.2) is 4.98 Å². The highest BCUT2D eigenvalue weighted by Gasteiger charge is 2.13. The van der Waals surface area contributed by atoms with E-state index in [0.717, 1.165) is 29.2 Å². The fourth-order valence-electron chi connectivity index (χ4n) is 1.97. The Morgan fingerprint density at radius 3 is 2.76 bits per heavy atom. The van der Waals surface area contributed by atoms with E-state index in [9.17, 15) is 0 Å². The predicted octanol–water partition coefficient (Wildman–Crippen LogP) is 3.58. The number of hydrogen-bond acceptors (Lipinski definition) is 2. The summed E-state index contributed by atoms with van der Waals surface area (Å²) in [5.41, 5.74) is 1.99. The van der Waals surface area contributed by atoms with Gasteiger partial charge in [0, 0.05) is 6.54 Å². The summed E-state index contributed by atoms with van der Waals surface area (Å²) < 4.78 is 7.89. The molecule has 0 amide bonds. The summed E-state index contributed by atoms with van der Waals surface area (Å²) in [6.07, 6.45) is 0.145. The van der Waals surface area contributed by atoms with Crippen LogP contribution in [0.4, 0.5) is 0 Å². The smallest absolute Gasteiger partial charge is 0.147 e.